The van der Waals surface area contributed by atoms with Crippen LogP contribution in [0.3, 0.4) is 0 Å². The third kappa shape index (κ3) is 4.88. The molecule has 0 saturated carbocycles. The molecular formula is C22H23F3N4O3S. The van der Waals surface area contributed by atoms with Gasteiger partial charge in [0.15, 0.2) is 0 Å². The fourth-order valence-electron chi connectivity index (χ4n) is 4.17. The average Bonchev–Trinajstić information content (AvgIpc) is 3.37. The molecule has 1 unspecified atom stereocenters. The van der Waals surface area contributed by atoms with Crippen LogP contribution in [0.5, 0.6) is 0 Å². The second-order valence-electron chi connectivity index (χ2n) is 8.05. The Hall–Kier alpha value is -2.92. The van der Waals surface area contributed by atoms with Crippen LogP contribution in [0.15, 0.2) is 30.5 Å². The summed E-state index contributed by atoms with van der Waals surface area (Å²) in [6.07, 6.45) is -1.35. The molecule has 0 spiro atoms. The zero-order valence-corrected chi connectivity index (χ0v) is 18.5. The third-order valence-corrected chi connectivity index (χ3v) is 6.96. The van der Waals surface area contributed by atoms with Gasteiger partial charge in [-0.3, -0.25) is 9.59 Å². The van der Waals surface area contributed by atoms with E-state index in [1.165, 1.54) is 6.07 Å². The Morgan fingerprint density at radius 3 is 2.76 bits per heavy atom. The molecule has 1 aliphatic heterocycles. The highest BCUT2D eigenvalue weighted by Crippen LogP contribution is 2.36. The minimum Gasteiger partial charge on any atom is -0.480 e. The summed E-state index contributed by atoms with van der Waals surface area (Å²) in [4.78, 5) is 29.7. The minimum atomic E-state index is -4.38. The van der Waals surface area contributed by atoms with Gasteiger partial charge in [-0.05, 0) is 49.1 Å². The summed E-state index contributed by atoms with van der Waals surface area (Å²) in [5.41, 5.74) is 8.12. The lowest BCUT2D eigenvalue weighted by Crippen LogP contribution is -2.37. The summed E-state index contributed by atoms with van der Waals surface area (Å²) in [7, 11) is 0. The maximum Gasteiger partial charge on any atom is 0.425 e. The Balaban J connectivity index is 1.56. The van der Waals surface area contributed by atoms with E-state index in [2.05, 4.69) is 4.98 Å². The van der Waals surface area contributed by atoms with Gasteiger partial charge in [-0.25, -0.2) is 4.98 Å². The first-order valence-electron chi connectivity index (χ1n) is 10.5. The van der Waals surface area contributed by atoms with Crippen LogP contribution in [0, 0.1) is 0 Å². The Morgan fingerprint density at radius 1 is 1.27 bits per heavy atom. The lowest BCUT2D eigenvalue weighted by atomic mass is 10.0. The fraction of sp³-hybridized carbons (Fsp3) is 0.409. The van der Waals surface area contributed by atoms with Crippen LogP contribution in [-0.2, 0) is 35.3 Å². The van der Waals surface area contributed by atoms with Crippen LogP contribution in [0.2, 0.25) is 0 Å². The molecule has 0 aromatic carbocycles. The largest absolute Gasteiger partial charge is 0.480 e. The molecule has 1 atom stereocenters. The van der Waals surface area contributed by atoms with Crippen LogP contribution in [-0.4, -0.2) is 44.0 Å². The number of amides is 1. The summed E-state index contributed by atoms with van der Waals surface area (Å²) in [5, 5.41) is 9.83. The summed E-state index contributed by atoms with van der Waals surface area (Å²) in [5.74, 6) is -1.19. The normalized spacial score (nSPS) is 15.0. The number of carbonyl (C=O) groups is 2. The highest BCUT2D eigenvalue weighted by molar-refractivity contribution is 7.12. The lowest BCUT2D eigenvalue weighted by molar-refractivity contribution is -0.139. The number of carboxylic acid groups (broad SMARTS) is 1. The molecule has 3 aromatic rings. The molecule has 0 fully saturated rings. The number of thiophene rings is 1. The number of alkyl halides is 3. The summed E-state index contributed by atoms with van der Waals surface area (Å²) in [6.45, 7) is 1.08. The number of aliphatic carboxylic acids is 1. The number of nitrogens with zero attached hydrogens (tertiary/aromatic N) is 3. The van der Waals surface area contributed by atoms with Gasteiger partial charge in [0.1, 0.15) is 16.6 Å². The molecule has 0 radical (unpaired) electrons. The van der Waals surface area contributed by atoms with Crippen molar-refractivity contribution in [3.8, 4) is 0 Å². The maximum atomic E-state index is 13.0. The first kappa shape index (κ1) is 23.2. The minimum absolute atomic E-state index is 0.0986. The molecule has 176 valence electrons. The van der Waals surface area contributed by atoms with Gasteiger partial charge in [0.2, 0.25) is 5.91 Å². The number of halogens is 3. The first-order chi connectivity index (χ1) is 15.6. The van der Waals surface area contributed by atoms with Crippen molar-refractivity contribution in [2.24, 2.45) is 5.73 Å². The monoisotopic (exact) mass is 480 g/mol. The zero-order chi connectivity index (χ0) is 23.8. The van der Waals surface area contributed by atoms with Gasteiger partial charge in [0, 0.05) is 35.1 Å². The number of rotatable bonds is 7. The molecule has 0 aliphatic carbocycles. The van der Waals surface area contributed by atoms with Crippen LogP contribution in [0.4, 0.5) is 13.2 Å². The Kier molecular flexibility index (Phi) is 6.44. The van der Waals surface area contributed by atoms with E-state index in [-0.39, 0.29) is 25.3 Å². The molecule has 4 heterocycles. The fourth-order valence-corrected chi connectivity index (χ4v) is 5.03. The molecule has 0 bridgehead atoms. The van der Waals surface area contributed by atoms with Crippen LogP contribution >= 0.6 is 11.3 Å². The van der Waals surface area contributed by atoms with Crippen molar-refractivity contribution in [1.82, 2.24) is 14.5 Å². The first-order valence-corrected chi connectivity index (χ1v) is 11.3. The number of hydrogen-bond donors (Lipinski definition) is 2. The highest BCUT2D eigenvalue weighted by atomic mass is 32.1. The third-order valence-electron chi connectivity index (χ3n) is 5.84. The van der Waals surface area contributed by atoms with E-state index in [9.17, 15) is 22.8 Å². The quantitative estimate of drug-likeness (QED) is 0.538. The van der Waals surface area contributed by atoms with Crippen LogP contribution in [0.1, 0.15) is 40.3 Å². The zero-order valence-electron chi connectivity index (χ0n) is 17.6. The molecule has 7 nitrogen and oxygen atoms in total. The number of pyridine rings is 1. The number of carboxylic acids is 1. The molecule has 11 heteroatoms. The van der Waals surface area contributed by atoms with Gasteiger partial charge in [0.25, 0.3) is 0 Å². The Morgan fingerprint density at radius 2 is 2.06 bits per heavy atom. The Labute approximate surface area is 191 Å². The van der Waals surface area contributed by atoms with Crippen molar-refractivity contribution in [2.45, 2.75) is 51.0 Å². The number of nitrogens with two attached hydrogens (primary N) is 1. The summed E-state index contributed by atoms with van der Waals surface area (Å²) in [6, 6.07) is 5.34. The van der Waals surface area contributed by atoms with E-state index in [0.29, 0.717) is 47.8 Å². The topological polar surface area (TPSA) is 101 Å². The Bertz CT molecular complexity index is 1190. The summed E-state index contributed by atoms with van der Waals surface area (Å²) >= 11 is 0.707. The van der Waals surface area contributed by atoms with Crippen molar-refractivity contribution in [3.63, 3.8) is 0 Å². The van der Waals surface area contributed by atoms with Gasteiger partial charge in [-0.2, -0.15) is 13.2 Å². The van der Waals surface area contributed by atoms with Crippen molar-refractivity contribution in [3.05, 3.63) is 51.5 Å². The van der Waals surface area contributed by atoms with Crippen LogP contribution < -0.4 is 5.73 Å². The second-order valence-corrected chi connectivity index (χ2v) is 9.22. The summed E-state index contributed by atoms with van der Waals surface area (Å²) < 4.78 is 41.0. The van der Waals surface area contributed by atoms with Crippen molar-refractivity contribution >= 4 is 34.2 Å². The van der Waals surface area contributed by atoms with E-state index < -0.39 is 23.1 Å². The van der Waals surface area contributed by atoms with Gasteiger partial charge in [-0.1, -0.05) is 0 Å². The van der Waals surface area contributed by atoms with Crippen molar-refractivity contribution < 1.29 is 27.9 Å². The van der Waals surface area contributed by atoms with Crippen molar-refractivity contribution in [2.75, 3.05) is 6.54 Å². The number of fused-ring (bicyclic) bond motifs is 3. The number of hydrogen-bond acceptors (Lipinski definition) is 5. The highest BCUT2D eigenvalue weighted by Gasteiger charge is 2.33. The number of carbonyl (C=O) groups excluding carboxylic acids is 1. The van der Waals surface area contributed by atoms with E-state index in [1.807, 2.05) is 16.7 Å². The molecule has 4 rings (SSSR count). The molecule has 3 N–H and O–H groups in total. The molecule has 0 saturated heterocycles. The second kappa shape index (κ2) is 9.14. The van der Waals surface area contributed by atoms with Crippen LogP contribution in [0.25, 0.3) is 11.0 Å². The number of aromatic nitrogens is 2. The molecule has 1 amide bonds. The van der Waals surface area contributed by atoms with Crippen molar-refractivity contribution in [1.29, 1.82) is 0 Å². The van der Waals surface area contributed by atoms with Gasteiger partial charge in [0.05, 0.1) is 13.1 Å². The van der Waals surface area contributed by atoms with Gasteiger partial charge >= 0.3 is 12.1 Å². The maximum absolute atomic E-state index is 13.0. The lowest BCUT2D eigenvalue weighted by Gasteiger charge is -2.28. The molecular weight excluding hydrogens is 457 g/mol. The van der Waals surface area contributed by atoms with Gasteiger partial charge < -0.3 is 20.3 Å². The SMILES string of the molecule is NC(CCCC(=O)N1CCc2c(n(Cc3ccc(C(F)(F)F)s3)c3ncccc23)C1)C(=O)O. The molecule has 1 aliphatic rings. The molecule has 33 heavy (non-hydrogen) atoms. The van der Waals surface area contributed by atoms with Gasteiger partial charge in [-0.15, -0.1) is 11.3 Å². The average molecular weight is 481 g/mol. The smallest absolute Gasteiger partial charge is 0.425 e. The van der Waals surface area contributed by atoms with E-state index in [1.54, 1.807) is 11.1 Å². The van der Waals surface area contributed by atoms with E-state index in [0.717, 1.165) is 22.7 Å². The molecule has 3 aromatic heterocycles. The predicted molar refractivity (Wildman–Crippen MR) is 117 cm³/mol. The van der Waals surface area contributed by atoms with E-state index >= 15 is 0 Å². The standard InChI is InChI=1S/C22H23F3N4O3S/c23-22(24,25)18-7-6-13(33-18)11-29-17-12-28(19(30)5-1-4-16(26)21(31)32)10-8-14(17)15-3-2-9-27-20(15)29/h2-3,6-7,9,16H,1,4-5,8,10-12,26H2,(H,31,32). The predicted octanol–water partition coefficient (Wildman–Crippen LogP) is 3.63. The van der Waals surface area contributed by atoms with E-state index in [4.69, 9.17) is 10.8 Å².